The second kappa shape index (κ2) is 9.60. The lowest BCUT2D eigenvalue weighted by Gasteiger charge is -2.29. The molecule has 0 radical (unpaired) electrons. The number of nitrogens with one attached hydrogen (secondary N) is 2. The molecule has 17 heteroatoms. The molecule has 1 saturated heterocycles. The van der Waals surface area contributed by atoms with Gasteiger partial charge in [0.1, 0.15) is 17.0 Å². The van der Waals surface area contributed by atoms with Gasteiger partial charge in [-0.2, -0.15) is 36.7 Å². The summed E-state index contributed by atoms with van der Waals surface area (Å²) in [4.78, 5) is 26.8. The Bertz CT molecular complexity index is 1620. The molecule has 1 aliphatic heterocycles. The molecular weight excluding hydrogens is 614 g/mol. The summed E-state index contributed by atoms with van der Waals surface area (Å²) in [6, 6.07) is 4.78. The summed E-state index contributed by atoms with van der Waals surface area (Å²) in [6.45, 7) is 0.764. The number of alkyl halides is 6. The third-order valence-electron chi connectivity index (χ3n) is 7.99. The van der Waals surface area contributed by atoms with Crippen molar-refractivity contribution in [2.45, 2.75) is 73.1 Å². The fourth-order valence-electron chi connectivity index (χ4n) is 5.16. The van der Waals surface area contributed by atoms with Gasteiger partial charge in [-0.05, 0) is 63.3 Å². The molecule has 1 aromatic heterocycles. The molecule has 3 fully saturated rings. The molecule has 0 bridgehead atoms. The second-order valence-corrected chi connectivity index (χ2v) is 13.6. The average molecular weight is 637 g/mol. The van der Waals surface area contributed by atoms with Crippen LogP contribution in [0.15, 0.2) is 29.2 Å². The monoisotopic (exact) mass is 636 g/mol. The number of carbonyl (C=O) groups excluding carboxylic acids is 2. The minimum Gasteiger partial charge on any atom is -0.336 e. The van der Waals surface area contributed by atoms with Crippen molar-refractivity contribution in [1.29, 1.82) is 10.0 Å². The maximum absolute atomic E-state index is 13.9. The molecule has 2 heterocycles. The van der Waals surface area contributed by atoms with Crippen LogP contribution < -0.4 is 5.32 Å². The van der Waals surface area contributed by atoms with Gasteiger partial charge in [0.05, 0.1) is 36.7 Å². The first-order valence-electron chi connectivity index (χ1n) is 12.7. The highest BCUT2D eigenvalue weighted by Gasteiger charge is 2.70. The Morgan fingerprint density at radius 3 is 2.29 bits per heavy atom. The number of hydrogen-bond acceptors (Lipinski definition) is 6. The van der Waals surface area contributed by atoms with E-state index in [2.05, 4.69) is 10.4 Å². The first kappa shape index (κ1) is 30.1. The number of halogens is 7. The SMILES string of the molecule is Cc1cc(C(F)(F)F)nn1-c1ccc(S(=N)(=O)[C@@H]2C[C@@H](C(=O)NC3(C#N)CC3)N(C(=O)C3(C(F)(F)F)CC3)C2)c(Cl)c1. The lowest BCUT2D eigenvalue weighted by atomic mass is 10.0. The standard InChI is InChI=1S/C25H23ClF6N6O3S/c1-13-8-19(24(27,28)29)36-38(13)14-2-3-18(16(26)9-14)42(34,41)15-10-17(20(39)35-22(12-33)4-5-22)37(11-15)21(40)23(6-7-23)25(30,31)32/h2-3,8-9,15,17,34H,4-7,10-11H2,1H3,(H,35,39)/t15-,17+,42?/m1/s1. The van der Waals surface area contributed by atoms with Gasteiger partial charge in [-0.25, -0.2) is 13.7 Å². The van der Waals surface area contributed by atoms with Crippen molar-refractivity contribution in [3.63, 3.8) is 0 Å². The molecule has 2 aliphatic carbocycles. The van der Waals surface area contributed by atoms with Crippen LogP contribution in [0.2, 0.25) is 5.02 Å². The van der Waals surface area contributed by atoms with Crippen LogP contribution in [0.25, 0.3) is 5.69 Å². The van der Waals surface area contributed by atoms with Crippen molar-refractivity contribution in [2.24, 2.45) is 5.41 Å². The number of hydrogen-bond donors (Lipinski definition) is 2. The zero-order valence-electron chi connectivity index (χ0n) is 21.8. The molecule has 9 nitrogen and oxygen atoms in total. The molecule has 3 atom stereocenters. The van der Waals surface area contributed by atoms with Gasteiger partial charge in [-0.3, -0.25) is 9.59 Å². The third-order valence-corrected chi connectivity index (χ3v) is 10.7. The van der Waals surface area contributed by atoms with Crippen molar-refractivity contribution in [3.8, 4) is 11.8 Å². The van der Waals surface area contributed by atoms with Crippen LogP contribution in [0.3, 0.4) is 0 Å². The van der Waals surface area contributed by atoms with Gasteiger partial charge in [0, 0.05) is 12.2 Å². The van der Waals surface area contributed by atoms with Crippen LogP contribution in [-0.2, 0) is 25.5 Å². The molecule has 1 aromatic carbocycles. The fraction of sp³-hybridized carbons (Fsp3) is 0.520. The van der Waals surface area contributed by atoms with Crippen molar-refractivity contribution in [2.75, 3.05) is 6.54 Å². The predicted octanol–water partition coefficient (Wildman–Crippen LogP) is 4.74. The van der Waals surface area contributed by atoms with Crippen molar-refractivity contribution in [3.05, 3.63) is 40.7 Å². The molecule has 0 spiro atoms. The number of nitrogens with zero attached hydrogens (tertiary/aromatic N) is 4. The van der Waals surface area contributed by atoms with Crippen LogP contribution in [0.4, 0.5) is 26.3 Å². The summed E-state index contributed by atoms with van der Waals surface area (Å²) in [5.41, 5.74) is -4.84. The number of carbonyl (C=O) groups is 2. The Labute approximate surface area is 240 Å². The molecule has 2 saturated carbocycles. The first-order valence-corrected chi connectivity index (χ1v) is 14.7. The number of aromatic nitrogens is 2. The van der Waals surface area contributed by atoms with Crippen molar-refractivity contribution in [1.82, 2.24) is 20.0 Å². The Balaban J connectivity index is 1.45. The van der Waals surface area contributed by atoms with E-state index in [9.17, 15) is 45.4 Å². The molecule has 226 valence electrons. The topological polar surface area (TPSA) is 132 Å². The average Bonchev–Trinajstić information content (AvgIpc) is 3.77. The van der Waals surface area contributed by atoms with Crippen LogP contribution in [-0.4, -0.2) is 60.3 Å². The van der Waals surface area contributed by atoms with Gasteiger partial charge in [-0.1, -0.05) is 11.6 Å². The van der Waals surface area contributed by atoms with E-state index in [-0.39, 0.29) is 21.3 Å². The van der Waals surface area contributed by atoms with Gasteiger partial charge < -0.3 is 10.2 Å². The van der Waals surface area contributed by atoms with E-state index < -0.39 is 87.6 Å². The van der Waals surface area contributed by atoms with Crippen LogP contribution in [0.5, 0.6) is 0 Å². The van der Waals surface area contributed by atoms with Crippen LogP contribution in [0, 0.1) is 28.4 Å². The van der Waals surface area contributed by atoms with Crippen LogP contribution in [0.1, 0.15) is 43.5 Å². The van der Waals surface area contributed by atoms with Gasteiger partial charge in [-0.15, -0.1) is 0 Å². The van der Waals surface area contributed by atoms with E-state index in [0.717, 1.165) is 22.9 Å². The Hall–Kier alpha value is -3.32. The van der Waals surface area contributed by atoms with E-state index in [1.807, 2.05) is 6.07 Å². The first-order chi connectivity index (χ1) is 19.3. The Morgan fingerprint density at radius 2 is 1.81 bits per heavy atom. The molecular formula is C25H23ClF6N6O3S. The highest BCUT2D eigenvalue weighted by atomic mass is 35.5. The zero-order valence-corrected chi connectivity index (χ0v) is 23.3. The largest absolute Gasteiger partial charge is 0.435 e. The van der Waals surface area contributed by atoms with Gasteiger partial charge in [0.25, 0.3) is 0 Å². The van der Waals surface area contributed by atoms with E-state index in [4.69, 9.17) is 16.4 Å². The van der Waals surface area contributed by atoms with Crippen LogP contribution >= 0.6 is 11.6 Å². The molecule has 42 heavy (non-hydrogen) atoms. The number of amides is 2. The summed E-state index contributed by atoms with van der Waals surface area (Å²) < 4.78 is 104. The van der Waals surface area contributed by atoms with Gasteiger partial charge in [0.2, 0.25) is 11.8 Å². The Morgan fingerprint density at radius 1 is 1.17 bits per heavy atom. The van der Waals surface area contributed by atoms with E-state index in [1.165, 1.54) is 13.0 Å². The molecule has 3 aliphatic rings. The van der Waals surface area contributed by atoms with E-state index >= 15 is 0 Å². The Kier molecular flexibility index (Phi) is 6.89. The maximum Gasteiger partial charge on any atom is 0.435 e. The lowest BCUT2D eigenvalue weighted by Crippen LogP contribution is -2.53. The molecule has 2 amide bonds. The molecule has 5 rings (SSSR count). The number of rotatable bonds is 6. The molecule has 1 unspecified atom stereocenters. The highest BCUT2D eigenvalue weighted by Crippen LogP contribution is 2.59. The normalized spacial score (nSPS) is 24.0. The van der Waals surface area contributed by atoms with Gasteiger partial charge in [0.15, 0.2) is 5.69 Å². The smallest absolute Gasteiger partial charge is 0.336 e. The predicted molar refractivity (Wildman–Crippen MR) is 135 cm³/mol. The molecule has 2 N–H and O–H groups in total. The summed E-state index contributed by atoms with van der Waals surface area (Å²) in [5.74, 6) is -2.24. The van der Waals surface area contributed by atoms with E-state index in [1.54, 1.807) is 0 Å². The number of benzene rings is 1. The van der Waals surface area contributed by atoms with Crippen molar-refractivity contribution >= 4 is 33.1 Å². The third kappa shape index (κ3) is 5.00. The second-order valence-electron chi connectivity index (χ2n) is 10.9. The summed E-state index contributed by atoms with van der Waals surface area (Å²) in [6.07, 6.45) is -10.3. The fourth-order valence-corrected chi connectivity index (χ4v) is 7.48. The summed E-state index contributed by atoms with van der Waals surface area (Å²) in [7, 11) is -3.99. The quantitative estimate of drug-likeness (QED) is 0.442. The summed E-state index contributed by atoms with van der Waals surface area (Å²) in [5, 5.41) is 13.7. The lowest BCUT2D eigenvalue weighted by molar-refractivity contribution is -0.199. The highest BCUT2D eigenvalue weighted by molar-refractivity contribution is 7.93. The number of nitriles is 1. The minimum absolute atomic E-state index is 0.0690. The summed E-state index contributed by atoms with van der Waals surface area (Å²) >= 11 is 6.34. The maximum atomic E-state index is 13.9. The van der Waals surface area contributed by atoms with E-state index in [0.29, 0.717) is 17.7 Å². The van der Waals surface area contributed by atoms with Crippen molar-refractivity contribution < 1.29 is 40.1 Å². The number of likely N-dealkylation sites (tertiary alicyclic amines) is 1. The number of aryl methyl sites for hydroxylation is 1. The van der Waals surface area contributed by atoms with Gasteiger partial charge >= 0.3 is 12.4 Å². The zero-order chi connectivity index (χ0) is 31.0. The minimum atomic E-state index is -4.88. The molecule has 2 aromatic rings.